The Morgan fingerprint density at radius 3 is 2.20 bits per heavy atom. The van der Waals surface area contributed by atoms with E-state index in [1.807, 2.05) is 0 Å². The molecule has 1 aliphatic carbocycles. The molecule has 1 aliphatic rings. The molecule has 7 nitrogen and oxygen atoms in total. The van der Waals surface area contributed by atoms with E-state index in [1.165, 1.54) is 0 Å². The van der Waals surface area contributed by atoms with E-state index in [2.05, 4.69) is 5.32 Å². The molecular weight excluding hydrogens is 404 g/mol. The quantitative estimate of drug-likeness (QED) is 0.727. The molecule has 1 amide bonds. The van der Waals surface area contributed by atoms with Crippen molar-refractivity contribution in [1.82, 2.24) is 5.32 Å². The number of amides is 1. The van der Waals surface area contributed by atoms with Crippen LogP contribution >= 0.6 is 0 Å². The van der Waals surface area contributed by atoms with Crippen LogP contribution in [-0.2, 0) is 14.6 Å². The second kappa shape index (κ2) is 7.92. The Bertz CT molecular complexity index is 1000. The summed E-state index contributed by atoms with van der Waals surface area (Å²) in [6, 6.07) is 15.3. The van der Waals surface area contributed by atoms with Crippen LogP contribution < -0.4 is 15.8 Å². The predicted octanol–water partition coefficient (Wildman–Crippen LogP) is 2.86. The topological polar surface area (TPSA) is 108 Å². The van der Waals surface area contributed by atoms with Gasteiger partial charge in [0.1, 0.15) is 16.6 Å². The number of hydrogen-bond donors (Lipinski definition) is 2. The van der Waals surface area contributed by atoms with Crippen molar-refractivity contribution in [2.45, 2.75) is 48.0 Å². The summed E-state index contributed by atoms with van der Waals surface area (Å²) in [7, 11) is -2.21. The molecule has 8 heteroatoms. The molecule has 0 unspecified atom stereocenters. The lowest BCUT2D eigenvalue weighted by Gasteiger charge is -2.24. The van der Waals surface area contributed by atoms with Crippen molar-refractivity contribution in [1.29, 1.82) is 0 Å². The van der Waals surface area contributed by atoms with Gasteiger partial charge in [-0.25, -0.2) is 13.2 Å². The molecule has 2 aromatic carbocycles. The number of sulfone groups is 1. The number of carbonyl (C=O) groups excluding carboxylic acids is 1. The molecule has 0 spiro atoms. The Kier molecular flexibility index (Phi) is 5.84. The highest BCUT2D eigenvalue weighted by molar-refractivity contribution is 7.92. The van der Waals surface area contributed by atoms with Gasteiger partial charge >= 0.3 is 6.09 Å². The summed E-state index contributed by atoms with van der Waals surface area (Å²) in [6.45, 7) is 5.18. The van der Waals surface area contributed by atoms with Crippen molar-refractivity contribution in [2.24, 2.45) is 5.73 Å². The first-order chi connectivity index (χ1) is 14.0. The summed E-state index contributed by atoms with van der Waals surface area (Å²) in [4.78, 5) is 12.7. The summed E-state index contributed by atoms with van der Waals surface area (Å²) in [6.07, 6.45) is -0.697. The normalized spacial score (nSPS) is 23.5. The van der Waals surface area contributed by atoms with Gasteiger partial charge in [0.2, 0.25) is 0 Å². The average molecular weight is 433 g/mol. The first-order valence-electron chi connectivity index (χ1n) is 9.69. The van der Waals surface area contributed by atoms with Crippen molar-refractivity contribution in [3.8, 4) is 5.75 Å². The number of ether oxygens (including phenoxy) is 2. The van der Waals surface area contributed by atoms with E-state index in [0.29, 0.717) is 5.75 Å². The van der Waals surface area contributed by atoms with Gasteiger partial charge in [-0.3, -0.25) is 0 Å². The van der Waals surface area contributed by atoms with E-state index in [0.717, 1.165) is 5.56 Å². The predicted molar refractivity (Wildman–Crippen MR) is 114 cm³/mol. The van der Waals surface area contributed by atoms with Crippen molar-refractivity contribution in [3.63, 3.8) is 0 Å². The van der Waals surface area contributed by atoms with Crippen LogP contribution in [-0.4, -0.2) is 44.6 Å². The number of methoxy groups -OCH3 is 1. The molecule has 0 saturated heterocycles. The summed E-state index contributed by atoms with van der Waals surface area (Å²) in [5.41, 5.74) is 4.92. The van der Waals surface area contributed by atoms with Gasteiger partial charge < -0.3 is 20.5 Å². The molecule has 1 saturated carbocycles. The van der Waals surface area contributed by atoms with Crippen LogP contribution in [0.5, 0.6) is 5.75 Å². The first kappa shape index (κ1) is 22.1. The van der Waals surface area contributed by atoms with Gasteiger partial charge in [0.15, 0.2) is 9.84 Å². The summed E-state index contributed by atoms with van der Waals surface area (Å²) < 4.78 is 37.5. The van der Waals surface area contributed by atoms with Gasteiger partial charge in [-0.2, -0.15) is 0 Å². The molecule has 0 bridgehead atoms. The Labute approximate surface area is 177 Å². The Morgan fingerprint density at radius 1 is 1.10 bits per heavy atom. The number of alkyl carbamates (subject to hydrolysis) is 1. The van der Waals surface area contributed by atoms with Gasteiger partial charge in [-0.15, -0.1) is 0 Å². The zero-order chi connectivity index (χ0) is 22.2. The van der Waals surface area contributed by atoms with Gasteiger partial charge in [-0.05, 0) is 50.6 Å². The minimum atomic E-state index is -3.77. The molecular formula is C22H28N2O5S. The van der Waals surface area contributed by atoms with Gasteiger partial charge in [0, 0.05) is 12.5 Å². The highest BCUT2D eigenvalue weighted by Crippen LogP contribution is 2.57. The number of hydrogen-bond acceptors (Lipinski definition) is 6. The van der Waals surface area contributed by atoms with E-state index in [-0.39, 0.29) is 11.4 Å². The third-order valence-corrected chi connectivity index (χ3v) is 7.50. The zero-order valence-electron chi connectivity index (χ0n) is 17.6. The fourth-order valence-corrected chi connectivity index (χ4v) is 6.20. The van der Waals surface area contributed by atoms with Gasteiger partial charge in [-0.1, -0.05) is 30.3 Å². The number of nitrogens with two attached hydrogens (primary N) is 1. The lowest BCUT2D eigenvalue weighted by Crippen LogP contribution is -2.49. The molecule has 0 aromatic heterocycles. The van der Waals surface area contributed by atoms with E-state index in [9.17, 15) is 13.2 Å². The molecule has 0 heterocycles. The Balaban J connectivity index is 2.02. The van der Waals surface area contributed by atoms with Crippen LogP contribution in [0.15, 0.2) is 59.5 Å². The Morgan fingerprint density at radius 2 is 1.70 bits per heavy atom. The van der Waals surface area contributed by atoms with Crippen LogP contribution in [0.2, 0.25) is 0 Å². The molecule has 1 fully saturated rings. The molecule has 3 N–H and O–H groups in total. The molecule has 30 heavy (non-hydrogen) atoms. The maximum absolute atomic E-state index is 13.5. The van der Waals surface area contributed by atoms with Crippen molar-refractivity contribution < 1.29 is 22.7 Å². The van der Waals surface area contributed by atoms with Crippen LogP contribution in [0.3, 0.4) is 0 Å². The van der Waals surface area contributed by atoms with E-state index in [4.69, 9.17) is 15.2 Å². The van der Waals surface area contributed by atoms with Gasteiger partial charge in [0.25, 0.3) is 0 Å². The van der Waals surface area contributed by atoms with Crippen molar-refractivity contribution >= 4 is 15.9 Å². The van der Waals surface area contributed by atoms with Crippen LogP contribution in [0, 0.1) is 0 Å². The molecule has 0 aliphatic heterocycles. The van der Waals surface area contributed by atoms with Crippen molar-refractivity contribution in [3.05, 3.63) is 60.2 Å². The molecule has 0 radical (unpaired) electrons. The molecule has 162 valence electrons. The zero-order valence-corrected chi connectivity index (χ0v) is 18.4. The lowest BCUT2D eigenvalue weighted by molar-refractivity contribution is 0.0497. The van der Waals surface area contributed by atoms with E-state index < -0.39 is 38.2 Å². The van der Waals surface area contributed by atoms with Crippen LogP contribution in [0.25, 0.3) is 0 Å². The minimum Gasteiger partial charge on any atom is -0.497 e. The first-order valence-corrected chi connectivity index (χ1v) is 11.2. The minimum absolute atomic E-state index is 0.0559. The van der Waals surface area contributed by atoms with Crippen LogP contribution in [0.1, 0.15) is 32.3 Å². The third-order valence-electron chi connectivity index (χ3n) is 5.21. The van der Waals surface area contributed by atoms with Gasteiger partial charge in [0.05, 0.1) is 17.5 Å². The number of nitrogens with one attached hydrogen (secondary N) is 1. The smallest absolute Gasteiger partial charge is 0.408 e. The Hall–Kier alpha value is -2.58. The average Bonchev–Trinajstić information content (AvgIpc) is 3.36. The number of rotatable bonds is 6. The molecule has 3 atom stereocenters. The molecule has 2 aromatic rings. The highest BCUT2D eigenvalue weighted by atomic mass is 32.2. The largest absolute Gasteiger partial charge is 0.497 e. The van der Waals surface area contributed by atoms with Crippen molar-refractivity contribution in [2.75, 3.05) is 13.7 Å². The van der Waals surface area contributed by atoms with E-state index in [1.54, 1.807) is 82.5 Å². The number of benzene rings is 2. The standard InChI is InChI=1S/C22H28N2O5S/c1-21(2,3)29-20(25)24-22(14-23)18(15-10-12-16(28-4)13-11-15)19(22)30(26,27)17-8-6-5-7-9-17/h5-13,18-19H,14,23H2,1-4H3,(H,24,25)/t18-,19+,22+/m1/s1. The monoisotopic (exact) mass is 432 g/mol. The summed E-state index contributed by atoms with van der Waals surface area (Å²) >= 11 is 0. The maximum Gasteiger partial charge on any atom is 0.408 e. The highest BCUT2D eigenvalue weighted by Gasteiger charge is 2.71. The maximum atomic E-state index is 13.5. The summed E-state index contributed by atoms with van der Waals surface area (Å²) in [5, 5.41) is 1.86. The SMILES string of the molecule is COc1ccc([C@@H]2[C@H](S(=O)(=O)c3ccccc3)[C@@]2(CN)NC(=O)OC(C)(C)C)cc1. The fraction of sp³-hybridized carbons (Fsp3) is 0.409. The second-order valence-corrected chi connectivity index (χ2v) is 10.5. The third kappa shape index (κ3) is 4.15. The van der Waals surface area contributed by atoms with Crippen LogP contribution in [0.4, 0.5) is 4.79 Å². The lowest BCUT2D eigenvalue weighted by atomic mass is 10.1. The second-order valence-electron chi connectivity index (χ2n) is 8.40. The molecule has 3 rings (SSSR count). The summed E-state index contributed by atoms with van der Waals surface area (Å²) in [5.74, 6) is 0.131. The number of carbonyl (C=O) groups is 1. The fourth-order valence-electron chi connectivity index (χ4n) is 3.84. The van der Waals surface area contributed by atoms with E-state index >= 15 is 0 Å².